The number of aromatic nitrogens is 2. The number of rotatable bonds is 1. The molecule has 12 heavy (non-hydrogen) atoms. The molecule has 0 amide bonds. The first-order chi connectivity index (χ1) is 5.36. The summed E-state index contributed by atoms with van der Waals surface area (Å²) in [6, 6.07) is 1.88. The molecule has 1 saturated heterocycles. The van der Waals surface area contributed by atoms with Crippen LogP contribution in [-0.4, -0.2) is 23.3 Å². The first-order valence-corrected chi connectivity index (χ1v) is 3.92. The fraction of sp³-hybridized carbons (Fsp3) is 0.571. The standard InChI is InChI=1S/C7H12N4.ClH/c8-6-5-7(10-9-6)11-3-1-2-4-11;/h5H,1-4H2,(H3,8,9,10);1H. The second-order valence-corrected chi connectivity index (χ2v) is 2.88. The van der Waals surface area contributed by atoms with E-state index in [0.717, 1.165) is 18.9 Å². The van der Waals surface area contributed by atoms with E-state index in [4.69, 9.17) is 5.73 Å². The molecule has 0 saturated carbocycles. The van der Waals surface area contributed by atoms with E-state index in [1.807, 2.05) is 6.07 Å². The molecule has 1 fully saturated rings. The molecule has 1 aromatic rings. The predicted octanol–water partition coefficient (Wildman–Crippen LogP) is 1.01. The van der Waals surface area contributed by atoms with Gasteiger partial charge in [-0.3, -0.25) is 5.10 Å². The van der Waals surface area contributed by atoms with Gasteiger partial charge >= 0.3 is 0 Å². The van der Waals surface area contributed by atoms with Crippen molar-refractivity contribution < 1.29 is 0 Å². The summed E-state index contributed by atoms with van der Waals surface area (Å²) >= 11 is 0. The van der Waals surface area contributed by atoms with Crippen LogP contribution in [0.25, 0.3) is 0 Å². The third kappa shape index (κ3) is 1.64. The van der Waals surface area contributed by atoms with Crippen molar-refractivity contribution in [1.82, 2.24) is 10.2 Å². The number of anilines is 2. The fourth-order valence-corrected chi connectivity index (χ4v) is 1.43. The number of halogens is 1. The highest BCUT2D eigenvalue weighted by atomic mass is 35.5. The minimum absolute atomic E-state index is 0. The summed E-state index contributed by atoms with van der Waals surface area (Å²) in [6.45, 7) is 2.23. The van der Waals surface area contributed by atoms with Gasteiger partial charge in [-0.05, 0) is 12.8 Å². The van der Waals surface area contributed by atoms with E-state index in [2.05, 4.69) is 15.1 Å². The van der Waals surface area contributed by atoms with Crippen molar-refractivity contribution in [1.29, 1.82) is 0 Å². The lowest BCUT2D eigenvalue weighted by Crippen LogP contribution is -2.17. The summed E-state index contributed by atoms with van der Waals surface area (Å²) in [4.78, 5) is 2.24. The van der Waals surface area contributed by atoms with Crippen LogP contribution in [-0.2, 0) is 0 Å². The van der Waals surface area contributed by atoms with Gasteiger partial charge in [-0.25, -0.2) is 0 Å². The topological polar surface area (TPSA) is 57.9 Å². The molecule has 68 valence electrons. The van der Waals surface area contributed by atoms with Gasteiger partial charge in [-0.2, -0.15) is 5.10 Å². The first kappa shape index (κ1) is 9.19. The van der Waals surface area contributed by atoms with Crippen molar-refractivity contribution in [3.05, 3.63) is 6.07 Å². The van der Waals surface area contributed by atoms with Crippen LogP contribution in [0.3, 0.4) is 0 Å². The maximum Gasteiger partial charge on any atom is 0.152 e. The second-order valence-electron chi connectivity index (χ2n) is 2.88. The van der Waals surface area contributed by atoms with Gasteiger partial charge in [-0.1, -0.05) is 0 Å². The van der Waals surface area contributed by atoms with E-state index in [9.17, 15) is 0 Å². The summed E-state index contributed by atoms with van der Waals surface area (Å²) in [5, 5.41) is 6.81. The Labute approximate surface area is 77.5 Å². The Hall–Kier alpha value is -0.900. The smallest absolute Gasteiger partial charge is 0.152 e. The summed E-state index contributed by atoms with van der Waals surface area (Å²) in [5.41, 5.74) is 5.50. The molecule has 0 spiro atoms. The molecule has 2 rings (SSSR count). The SMILES string of the molecule is Cl.Nc1cc(N2CCCC2)n[nH]1. The Balaban J connectivity index is 0.000000720. The molecule has 5 heteroatoms. The van der Waals surface area contributed by atoms with Crippen LogP contribution in [0.4, 0.5) is 11.6 Å². The molecule has 4 nitrogen and oxygen atoms in total. The van der Waals surface area contributed by atoms with E-state index >= 15 is 0 Å². The van der Waals surface area contributed by atoms with Crippen molar-refractivity contribution >= 4 is 24.0 Å². The maximum atomic E-state index is 5.50. The Morgan fingerprint density at radius 3 is 2.58 bits per heavy atom. The summed E-state index contributed by atoms with van der Waals surface area (Å²) in [7, 11) is 0. The van der Waals surface area contributed by atoms with E-state index < -0.39 is 0 Å². The van der Waals surface area contributed by atoms with Crippen molar-refractivity contribution in [3.8, 4) is 0 Å². The summed E-state index contributed by atoms with van der Waals surface area (Å²) in [5.74, 6) is 1.63. The van der Waals surface area contributed by atoms with Crippen LogP contribution >= 0.6 is 12.4 Å². The van der Waals surface area contributed by atoms with E-state index in [1.165, 1.54) is 12.8 Å². The minimum atomic E-state index is 0. The highest BCUT2D eigenvalue weighted by Crippen LogP contribution is 2.18. The zero-order valence-corrected chi connectivity index (χ0v) is 7.60. The van der Waals surface area contributed by atoms with Gasteiger partial charge < -0.3 is 10.6 Å². The Bertz CT molecular complexity index is 241. The predicted molar refractivity (Wildman–Crippen MR) is 51.7 cm³/mol. The van der Waals surface area contributed by atoms with Gasteiger partial charge in [0.2, 0.25) is 0 Å². The number of hydrogen-bond donors (Lipinski definition) is 2. The highest BCUT2D eigenvalue weighted by Gasteiger charge is 2.13. The quantitative estimate of drug-likeness (QED) is 0.692. The summed E-state index contributed by atoms with van der Waals surface area (Å²) < 4.78 is 0. The van der Waals surface area contributed by atoms with Crippen molar-refractivity contribution in [2.45, 2.75) is 12.8 Å². The van der Waals surface area contributed by atoms with Crippen LogP contribution in [0.5, 0.6) is 0 Å². The van der Waals surface area contributed by atoms with Crippen LogP contribution < -0.4 is 10.6 Å². The molecule has 1 aliphatic heterocycles. The van der Waals surface area contributed by atoms with Gasteiger partial charge in [0.1, 0.15) is 5.82 Å². The minimum Gasteiger partial charge on any atom is -0.384 e. The summed E-state index contributed by atoms with van der Waals surface area (Å²) in [6.07, 6.45) is 2.54. The largest absolute Gasteiger partial charge is 0.384 e. The molecule has 0 unspecified atom stereocenters. The van der Waals surface area contributed by atoms with Crippen LogP contribution in [0.2, 0.25) is 0 Å². The van der Waals surface area contributed by atoms with Gasteiger partial charge in [0.25, 0.3) is 0 Å². The number of hydrogen-bond acceptors (Lipinski definition) is 3. The molecule has 0 radical (unpaired) electrons. The highest BCUT2D eigenvalue weighted by molar-refractivity contribution is 5.85. The maximum absolute atomic E-state index is 5.50. The Morgan fingerprint density at radius 2 is 2.08 bits per heavy atom. The molecule has 2 heterocycles. The van der Waals surface area contributed by atoms with Gasteiger partial charge in [0, 0.05) is 19.2 Å². The molecular weight excluding hydrogens is 176 g/mol. The number of nitrogen functional groups attached to an aromatic ring is 1. The fourth-order valence-electron chi connectivity index (χ4n) is 1.43. The molecule has 0 aromatic carbocycles. The van der Waals surface area contributed by atoms with Crippen molar-refractivity contribution in [2.24, 2.45) is 0 Å². The number of nitrogens with zero attached hydrogens (tertiary/aromatic N) is 2. The molecule has 3 N–H and O–H groups in total. The number of nitrogens with two attached hydrogens (primary N) is 1. The molecule has 1 aromatic heterocycles. The Morgan fingerprint density at radius 1 is 1.42 bits per heavy atom. The Kier molecular flexibility index (Phi) is 2.81. The average molecular weight is 189 g/mol. The molecular formula is C7H13ClN4. The third-order valence-corrected chi connectivity index (χ3v) is 2.01. The first-order valence-electron chi connectivity index (χ1n) is 3.92. The molecule has 0 atom stereocenters. The lowest BCUT2D eigenvalue weighted by atomic mass is 10.4. The average Bonchev–Trinajstić information content (AvgIpc) is 2.55. The third-order valence-electron chi connectivity index (χ3n) is 2.01. The van der Waals surface area contributed by atoms with Gasteiger partial charge in [0.05, 0.1) is 0 Å². The number of nitrogens with one attached hydrogen (secondary N) is 1. The molecule has 0 bridgehead atoms. The number of aromatic amines is 1. The van der Waals surface area contributed by atoms with E-state index in [-0.39, 0.29) is 12.4 Å². The van der Waals surface area contributed by atoms with Gasteiger partial charge in [0.15, 0.2) is 5.82 Å². The lowest BCUT2D eigenvalue weighted by molar-refractivity contribution is 0.921. The second kappa shape index (κ2) is 3.67. The zero-order chi connectivity index (χ0) is 7.68. The van der Waals surface area contributed by atoms with Crippen LogP contribution in [0, 0.1) is 0 Å². The zero-order valence-electron chi connectivity index (χ0n) is 6.79. The molecule has 1 aliphatic rings. The van der Waals surface area contributed by atoms with Crippen molar-refractivity contribution in [2.75, 3.05) is 23.7 Å². The van der Waals surface area contributed by atoms with Gasteiger partial charge in [-0.15, -0.1) is 12.4 Å². The normalized spacial score (nSPS) is 16.2. The van der Waals surface area contributed by atoms with E-state index in [0.29, 0.717) is 5.82 Å². The lowest BCUT2D eigenvalue weighted by Gasteiger charge is -2.12. The van der Waals surface area contributed by atoms with Crippen LogP contribution in [0.1, 0.15) is 12.8 Å². The van der Waals surface area contributed by atoms with E-state index in [1.54, 1.807) is 0 Å². The van der Waals surface area contributed by atoms with Crippen LogP contribution in [0.15, 0.2) is 6.07 Å². The monoisotopic (exact) mass is 188 g/mol. The molecule has 0 aliphatic carbocycles. The number of H-pyrrole nitrogens is 1. The van der Waals surface area contributed by atoms with Crippen molar-refractivity contribution in [3.63, 3.8) is 0 Å².